The van der Waals surface area contributed by atoms with Crippen LogP contribution in [0.25, 0.3) is 0 Å². The number of rotatable bonds is 4. The summed E-state index contributed by atoms with van der Waals surface area (Å²) in [6.45, 7) is 20.5. The van der Waals surface area contributed by atoms with E-state index in [-0.39, 0.29) is 16.8 Å². The Labute approximate surface area is 115 Å². The summed E-state index contributed by atoms with van der Waals surface area (Å²) < 4.78 is 18.7. The number of hydrogen-bond donors (Lipinski definition) is 0. The molecule has 0 aliphatic carbocycles. The largest absolute Gasteiger partial charge is 0.501 e. The summed E-state index contributed by atoms with van der Waals surface area (Å²) in [6, 6.07) is 0.777. The van der Waals surface area contributed by atoms with Crippen LogP contribution in [0.2, 0.25) is 6.04 Å². The van der Waals surface area contributed by atoms with Gasteiger partial charge in [0.15, 0.2) is 0 Å². The van der Waals surface area contributed by atoms with Crippen LogP contribution in [0.3, 0.4) is 0 Å². The highest BCUT2D eigenvalue weighted by molar-refractivity contribution is 6.61. The Morgan fingerprint density at radius 1 is 0.611 bits per heavy atom. The molecule has 0 saturated heterocycles. The van der Waals surface area contributed by atoms with Crippen LogP contribution in [0.15, 0.2) is 0 Å². The van der Waals surface area contributed by atoms with Crippen LogP contribution in [0.4, 0.5) is 0 Å². The molecule has 18 heavy (non-hydrogen) atoms. The summed E-state index contributed by atoms with van der Waals surface area (Å²) in [5, 5.41) is 0. The van der Waals surface area contributed by atoms with Crippen molar-refractivity contribution < 1.29 is 13.3 Å². The first kappa shape index (κ1) is 18.1. The molecule has 0 unspecified atom stereocenters. The van der Waals surface area contributed by atoms with Crippen LogP contribution in [0.1, 0.15) is 69.2 Å². The lowest BCUT2D eigenvalue weighted by atomic mass is 10.2. The molecule has 0 aromatic heterocycles. The molecular formula is C14H32O3Si. The van der Waals surface area contributed by atoms with Crippen molar-refractivity contribution in [1.82, 2.24) is 0 Å². The lowest BCUT2D eigenvalue weighted by molar-refractivity contribution is -0.0745. The molecule has 0 bridgehead atoms. The first-order chi connectivity index (χ1) is 7.68. The second-order valence-corrected chi connectivity index (χ2v) is 10.4. The Hall–Kier alpha value is 0.0969. The van der Waals surface area contributed by atoms with Crippen molar-refractivity contribution in [2.75, 3.05) is 0 Å². The van der Waals surface area contributed by atoms with Crippen molar-refractivity contribution in [2.24, 2.45) is 0 Å². The van der Waals surface area contributed by atoms with E-state index in [0.29, 0.717) is 0 Å². The van der Waals surface area contributed by atoms with Gasteiger partial charge in [-0.1, -0.05) is 6.92 Å². The first-order valence-electron chi connectivity index (χ1n) is 6.79. The topological polar surface area (TPSA) is 27.7 Å². The number of hydrogen-bond acceptors (Lipinski definition) is 3. The van der Waals surface area contributed by atoms with Crippen LogP contribution in [0.5, 0.6) is 0 Å². The molecule has 110 valence electrons. The maximum absolute atomic E-state index is 6.22. The van der Waals surface area contributed by atoms with Crippen LogP contribution in [-0.2, 0) is 13.3 Å². The summed E-state index contributed by atoms with van der Waals surface area (Å²) in [5.41, 5.74) is -0.795. The Morgan fingerprint density at radius 2 is 0.833 bits per heavy atom. The fraction of sp³-hybridized carbons (Fsp3) is 1.00. The zero-order valence-corrected chi connectivity index (χ0v) is 14.9. The molecule has 0 aliphatic heterocycles. The van der Waals surface area contributed by atoms with Crippen LogP contribution >= 0.6 is 0 Å². The SMILES string of the molecule is CC[Si](OC(C)(C)C)(OC(C)(C)C)OC(C)(C)C. The second-order valence-electron chi connectivity index (χ2n) is 7.68. The molecule has 0 atom stereocenters. The predicted octanol–water partition coefficient (Wildman–Crippen LogP) is 4.39. The average molecular weight is 276 g/mol. The summed E-state index contributed by atoms with van der Waals surface area (Å²) in [7, 11) is -2.68. The molecule has 0 saturated carbocycles. The fourth-order valence-corrected chi connectivity index (χ4v) is 5.04. The molecule has 0 spiro atoms. The van der Waals surface area contributed by atoms with E-state index in [9.17, 15) is 0 Å². The van der Waals surface area contributed by atoms with Crippen LogP contribution in [0, 0.1) is 0 Å². The van der Waals surface area contributed by atoms with Gasteiger partial charge < -0.3 is 13.3 Å². The normalized spacial score (nSPS) is 15.0. The van der Waals surface area contributed by atoms with Crippen molar-refractivity contribution in [2.45, 2.75) is 92.1 Å². The van der Waals surface area contributed by atoms with E-state index >= 15 is 0 Å². The molecule has 0 N–H and O–H groups in total. The van der Waals surface area contributed by atoms with Gasteiger partial charge >= 0.3 is 8.80 Å². The Balaban J connectivity index is 5.20. The highest BCUT2D eigenvalue weighted by Gasteiger charge is 2.48. The highest BCUT2D eigenvalue weighted by Crippen LogP contribution is 2.31. The zero-order chi connectivity index (χ0) is 14.8. The smallest absolute Gasteiger partial charge is 0.368 e. The summed E-state index contributed by atoms with van der Waals surface area (Å²) in [5.74, 6) is 0. The van der Waals surface area contributed by atoms with E-state index in [1.807, 2.05) is 62.3 Å². The van der Waals surface area contributed by atoms with Gasteiger partial charge in [0.25, 0.3) is 0 Å². The second kappa shape index (κ2) is 5.61. The quantitative estimate of drug-likeness (QED) is 0.713. The molecule has 0 amide bonds. The molecule has 0 radical (unpaired) electrons. The molecule has 0 aromatic carbocycles. The molecule has 0 heterocycles. The van der Waals surface area contributed by atoms with Gasteiger partial charge in [-0.15, -0.1) is 0 Å². The van der Waals surface area contributed by atoms with Gasteiger partial charge in [-0.3, -0.25) is 0 Å². The standard InChI is InChI=1S/C14H32O3Si/c1-11-18(15-12(2,3)4,16-13(5,6)7)17-14(8,9)10/h11H2,1-10H3. The van der Waals surface area contributed by atoms with Gasteiger partial charge in [-0.25, -0.2) is 0 Å². The molecular weight excluding hydrogens is 244 g/mol. The minimum absolute atomic E-state index is 0.265. The van der Waals surface area contributed by atoms with Gasteiger partial charge in [0, 0.05) is 6.04 Å². The van der Waals surface area contributed by atoms with Gasteiger partial charge in [-0.2, -0.15) is 0 Å². The summed E-state index contributed by atoms with van der Waals surface area (Å²) >= 11 is 0. The molecule has 0 aromatic rings. The maximum atomic E-state index is 6.22. The monoisotopic (exact) mass is 276 g/mol. The van der Waals surface area contributed by atoms with Crippen molar-refractivity contribution in [3.05, 3.63) is 0 Å². The maximum Gasteiger partial charge on any atom is 0.501 e. The van der Waals surface area contributed by atoms with Crippen molar-refractivity contribution in [3.8, 4) is 0 Å². The Bertz CT molecular complexity index is 215. The molecule has 0 fully saturated rings. The van der Waals surface area contributed by atoms with Gasteiger partial charge in [0.1, 0.15) is 0 Å². The molecule has 0 aliphatic rings. The Kier molecular flexibility index (Phi) is 5.64. The van der Waals surface area contributed by atoms with Crippen molar-refractivity contribution in [1.29, 1.82) is 0 Å². The molecule has 4 heteroatoms. The third-order valence-electron chi connectivity index (χ3n) is 1.82. The van der Waals surface area contributed by atoms with E-state index < -0.39 is 8.80 Å². The summed E-state index contributed by atoms with van der Waals surface area (Å²) in [4.78, 5) is 0. The average Bonchev–Trinajstić information content (AvgIpc) is 1.93. The highest BCUT2D eigenvalue weighted by atomic mass is 28.4. The van der Waals surface area contributed by atoms with E-state index in [1.54, 1.807) is 0 Å². The van der Waals surface area contributed by atoms with Gasteiger partial charge in [0.05, 0.1) is 16.8 Å². The van der Waals surface area contributed by atoms with Gasteiger partial charge in [-0.05, 0) is 62.3 Å². The van der Waals surface area contributed by atoms with Crippen molar-refractivity contribution in [3.63, 3.8) is 0 Å². The fourth-order valence-electron chi connectivity index (χ4n) is 1.68. The first-order valence-corrected chi connectivity index (χ1v) is 8.72. The van der Waals surface area contributed by atoms with E-state index in [0.717, 1.165) is 6.04 Å². The Morgan fingerprint density at radius 3 is 0.944 bits per heavy atom. The zero-order valence-electron chi connectivity index (χ0n) is 13.9. The third kappa shape index (κ3) is 8.24. The van der Waals surface area contributed by atoms with Gasteiger partial charge in [0.2, 0.25) is 0 Å². The van der Waals surface area contributed by atoms with E-state index in [1.165, 1.54) is 0 Å². The summed E-state index contributed by atoms with van der Waals surface area (Å²) in [6.07, 6.45) is 0. The van der Waals surface area contributed by atoms with E-state index in [2.05, 4.69) is 6.92 Å². The minimum atomic E-state index is -2.68. The lowest BCUT2D eigenvalue weighted by Gasteiger charge is -2.42. The lowest BCUT2D eigenvalue weighted by Crippen LogP contribution is -2.56. The molecule has 3 nitrogen and oxygen atoms in total. The van der Waals surface area contributed by atoms with E-state index in [4.69, 9.17) is 13.3 Å². The van der Waals surface area contributed by atoms with Crippen LogP contribution < -0.4 is 0 Å². The van der Waals surface area contributed by atoms with Crippen LogP contribution in [-0.4, -0.2) is 25.6 Å². The third-order valence-corrected chi connectivity index (χ3v) is 5.45. The minimum Gasteiger partial charge on any atom is -0.368 e. The molecule has 0 rings (SSSR count). The van der Waals surface area contributed by atoms with Crippen molar-refractivity contribution >= 4 is 8.80 Å². The predicted molar refractivity (Wildman–Crippen MR) is 78.7 cm³/mol.